The van der Waals surface area contributed by atoms with Gasteiger partial charge in [-0.25, -0.2) is 27.7 Å². The maximum Gasteiger partial charge on any atom is 0.268 e. The number of carbonyl (C=O) groups excluding carboxylic acids is 1. The van der Waals surface area contributed by atoms with Crippen molar-refractivity contribution in [3.05, 3.63) is 83.4 Å². The van der Waals surface area contributed by atoms with Crippen LogP contribution >= 0.6 is 0 Å². The Morgan fingerprint density at radius 2 is 1.68 bits per heavy atom. The lowest BCUT2D eigenvalue weighted by atomic mass is 10.00. The van der Waals surface area contributed by atoms with E-state index in [1.807, 2.05) is 32.0 Å². The molecule has 1 fully saturated rings. The molecule has 0 unspecified atom stereocenters. The average Bonchev–Trinajstić information content (AvgIpc) is 3.61. The van der Waals surface area contributed by atoms with Gasteiger partial charge in [-0.15, -0.1) is 0 Å². The molecule has 1 aliphatic carbocycles. The highest BCUT2D eigenvalue weighted by atomic mass is 32.2. The zero-order valence-corrected chi connectivity index (χ0v) is 30.0. The van der Waals surface area contributed by atoms with Gasteiger partial charge in [0.2, 0.25) is 11.8 Å². The molecule has 4 bridgehead atoms. The number of anilines is 1. The summed E-state index contributed by atoms with van der Waals surface area (Å²) >= 11 is 0. The van der Waals surface area contributed by atoms with E-state index in [0.29, 0.717) is 23.7 Å². The SMILES string of the molecule is COCN1c2nc(cc(-c3c(C)cccc3C)n2)OC[C@@H](CC(C)C)N(Cc2ncc(OC3CCCC3)cn2)C(=O)c2cccc(c2)S1(=O)=O. The molecule has 2 aromatic carbocycles. The van der Waals surface area contributed by atoms with Crippen LogP contribution in [0.4, 0.5) is 5.95 Å². The lowest BCUT2D eigenvalue weighted by Gasteiger charge is -2.32. The van der Waals surface area contributed by atoms with Gasteiger partial charge in [-0.3, -0.25) is 4.79 Å². The van der Waals surface area contributed by atoms with Crippen LogP contribution in [0, 0.1) is 19.8 Å². The summed E-state index contributed by atoms with van der Waals surface area (Å²) in [5, 5.41) is 0. The highest BCUT2D eigenvalue weighted by Crippen LogP contribution is 2.32. The summed E-state index contributed by atoms with van der Waals surface area (Å²) in [6.07, 6.45) is 8.37. The van der Waals surface area contributed by atoms with Gasteiger partial charge in [-0.1, -0.05) is 38.1 Å². The highest BCUT2D eigenvalue weighted by molar-refractivity contribution is 7.92. The minimum absolute atomic E-state index is 0.0682. The Balaban J connectivity index is 1.46. The number of benzene rings is 2. The van der Waals surface area contributed by atoms with E-state index in [4.69, 9.17) is 19.2 Å². The van der Waals surface area contributed by atoms with E-state index >= 15 is 0 Å². The Kier molecular flexibility index (Phi) is 10.6. The van der Waals surface area contributed by atoms with E-state index in [-0.39, 0.29) is 60.1 Å². The van der Waals surface area contributed by atoms with Gasteiger partial charge in [-0.05, 0) is 81.2 Å². The number of aryl methyl sites for hydroxylation is 2. The molecule has 1 saturated carbocycles. The van der Waals surface area contributed by atoms with Gasteiger partial charge in [0.15, 0.2) is 5.75 Å². The number of hydrogen-bond donors (Lipinski definition) is 0. The second-order valence-corrected chi connectivity index (χ2v) is 15.2. The smallest absolute Gasteiger partial charge is 0.268 e. The largest absolute Gasteiger partial charge is 0.487 e. The molecule has 3 heterocycles. The first kappa shape index (κ1) is 35.2. The van der Waals surface area contributed by atoms with E-state index in [9.17, 15) is 13.2 Å². The number of amides is 1. The lowest BCUT2D eigenvalue weighted by molar-refractivity contribution is 0.0545. The van der Waals surface area contributed by atoms with Crippen LogP contribution < -0.4 is 13.8 Å². The molecule has 1 amide bonds. The Morgan fingerprint density at radius 1 is 0.980 bits per heavy atom. The fourth-order valence-electron chi connectivity index (χ4n) is 6.59. The maximum atomic E-state index is 14.5. The van der Waals surface area contributed by atoms with E-state index in [1.54, 1.807) is 35.5 Å². The van der Waals surface area contributed by atoms with Crippen LogP contribution in [-0.2, 0) is 21.3 Å². The van der Waals surface area contributed by atoms with E-state index in [1.165, 1.54) is 19.2 Å². The number of hydrogen-bond acceptors (Lipinski definition) is 10. The Hall–Kier alpha value is -4.62. The van der Waals surface area contributed by atoms with Crippen molar-refractivity contribution < 1.29 is 27.4 Å². The molecule has 13 heteroatoms. The molecule has 0 saturated heterocycles. The van der Waals surface area contributed by atoms with Gasteiger partial charge in [0.1, 0.15) is 19.2 Å². The highest BCUT2D eigenvalue weighted by Gasteiger charge is 2.33. The van der Waals surface area contributed by atoms with Crippen LogP contribution in [0.2, 0.25) is 0 Å². The molecule has 0 spiro atoms. The standard InChI is InChI=1S/C37H44N6O6S/c1-24(2)16-28-22-48-34-18-32(35-25(3)10-8-11-26(35)4)40-37(41-34)43(23-47-5)50(45,46)31-15-9-12-27(17-31)36(44)42(28)21-33-38-19-30(20-39-33)49-29-13-6-7-14-29/h8-12,15,17-20,24,28-29H,6-7,13-14,16,21-23H2,1-5H3/t28-/m1/s1. The average molecular weight is 701 g/mol. The third-order valence-corrected chi connectivity index (χ3v) is 10.7. The Bertz CT molecular complexity index is 1910. The summed E-state index contributed by atoms with van der Waals surface area (Å²) in [6.45, 7) is 7.88. The van der Waals surface area contributed by atoms with Gasteiger partial charge < -0.3 is 19.1 Å². The molecule has 12 nitrogen and oxygen atoms in total. The summed E-state index contributed by atoms with van der Waals surface area (Å²) in [5.74, 6) is 0.887. The van der Waals surface area contributed by atoms with E-state index < -0.39 is 16.1 Å². The molecular weight excluding hydrogens is 657 g/mol. The third-order valence-electron chi connectivity index (χ3n) is 9.03. The van der Waals surface area contributed by atoms with Gasteiger partial charge in [0.05, 0.1) is 41.7 Å². The molecule has 4 aromatic rings. The van der Waals surface area contributed by atoms with Gasteiger partial charge >= 0.3 is 0 Å². The zero-order chi connectivity index (χ0) is 35.4. The van der Waals surface area contributed by atoms with E-state index in [0.717, 1.165) is 46.7 Å². The van der Waals surface area contributed by atoms with Crippen molar-refractivity contribution >= 4 is 21.9 Å². The first-order chi connectivity index (χ1) is 24.0. The number of methoxy groups -OCH3 is 1. The van der Waals surface area contributed by atoms with Crippen LogP contribution in [0.25, 0.3) is 11.3 Å². The Labute approximate surface area is 293 Å². The van der Waals surface area contributed by atoms with E-state index in [2.05, 4.69) is 28.8 Å². The monoisotopic (exact) mass is 700 g/mol. The Morgan fingerprint density at radius 3 is 2.36 bits per heavy atom. The minimum atomic E-state index is -4.31. The summed E-state index contributed by atoms with van der Waals surface area (Å²) in [6, 6.07) is 13.2. The summed E-state index contributed by atoms with van der Waals surface area (Å²) < 4.78 is 47.4. The topological polar surface area (TPSA) is 137 Å². The van der Waals surface area contributed by atoms with Crippen molar-refractivity contribution in [2.45, 2.75) is 83.4 Å². The van der Waals surface area contributed by atoms with Crippen LogP contribution in [0.5, 0.6) is 11.6 Å². The molecule has 0 N–H and O–H groups in total. The van der Waals surface area contributed by atoms with Crippen molar-refractivity contribution in [3.63, 3.8) is 0 Å². The lowest BCUT2D eigenvalue weighted by Crippen LogP contribution is -2.44. The molecule has 50 heavy (non-hydrogen) atoms. The number of sulfonamides is 1. The number of fused-ring (bicyclic) bond motifs is 4. The molecule has 264 valence electrons. The van der Waals surface area contributed by atoms with Crippen molar-refractivity contribution in [1.29, 1.82) is 0 Å². The second kappa shape index (κ2) is 15.1. The number of rotatable bonds is 9. The van der Waals surface area contributed by atoms with Crippen molar-refractivity contribution in [1.82, 2.24) is 24.8 Å². The fraction of sp³-hybridized carbons (Fsp3) is 0.432. The fourth-order valence-corrected chi connectivity index (χ4v) is 7.92. The maximum absolute atomic E-state index is 14.5. The second-order valence-electron chi connectivity index (χ2n) is 13.3. The van der Waals surface area contributed by atoms with Crippen LogP contribution in [0.1, 0.15) is 73.3 Å². The number of carbonyl (C=O) groups is 1. The normalized spacial score (nSPS) is 18.0. The summed E-state index contributed by atoms with van der Waals surface area (Å²) in [4.78, 5) is 34.5. The number of aromatic nitrogens is 4. The third kappa shape index (κ3) is 7.73. The first-order valence-electron chi connectivity index (χ1n) is 17.0. The summed E-state index contributed by atoms with van der Waals surface area (Å²) in [5.41, 5.74) is 3.46. The predicted molar refractivity (Wildman–Crippen MR) is 188 cm³/mol. The van der Waals surface area contributed by atoms with Gasteiger partial charge in [0.25, 0.3) is 15.9 Å². The zero-order valence-electron chi connectivity index (χ0n) is 29.2. The first-order valence-corrected chi connectivity index (χ1v) is 18.5. The number of nitrogens with zero attached hydrogens (tertiary/aromatic N) is 6. The van der Waals surface area contributed by atoms with Crippen molar-refractivity contribution in [3.8, 4) is 22.9 Å². The molecule has 0 radical (unpaired) electrons. The molecule has 6 rings (SSSR count). The van der Waals surface area contributed by atoms with Crippen molar-refractivity contribution in [2.24, 2.45) is 5.92 Å². The van der Waals surface area contributed by atoms with Crippen molar-refractivity contribution in [2.75, 3.05) is 24.8 Å². The van der Waals surface area contributed by atoms with Crippen LogP contribution in [0.15, 0.2) is 65.8 Å². The van der Waals surface area contributed by atoms with Gasteiger partial charge in [0, 0.05) is 24.3 Å². The molecular formula is C37H44N6O6S. The predicted octanol–water partition coefficient (Wildman–Crippen LogP) is 6.12. The number of ether oxygens (including phenoxy) is 3. The van der Waals surface area contributed by atoms with Gasteiger partial charge in [-0.2, -0.15) is 4.98 Å². The molecule has 2 aromatic heterocycles. The van der Waals surface area contributed by atoms with Crippen LogP contribution in [0.3, 0.4) is 0 Å². The molecule has 1 atom stereocenters. The molecule has 2 aliphatic rings. The van der Waals surface area contributed by atoms with Crippen LogP contribution in [-0.4, -0.2) is 71.8 Å². The quantitative estimate of drug-likeness (QED) is 0.201. The summed E-state index contributed by atoms with van der Waals surface area (Å²) in [7, 11) is -2.91. The minimum Gasteiger partial charge on any atom is -0.487 e. The molecule has 1 aliphatic heterocycles.